The molecule has 2 aromatic rings. The van der Waals surface area contributed by atoms with E-state index in [4.69, 9.17) is 14.2 Å². The molecule has 2 atom stereocenters. The minimum Gasteiger partial charge on any atom is -0.454 e. The van der Waals surface area contributed by atoms with Crippen LogP contribution >= 0.6 is 0 Å². The molecule has 42 heavy (non-hydrogen) atoms. The molecule has 4 aliphatic rings. The van der Waals surface area contributed by atoms with Gasteiger partial charge in [0.15, 0.2) is 11.5 Å². The third-order valence-corrected chi connectivity index (χ3v) is 9.41. The van der Waals surface area contributed by atoms with E-state index in [9.17, 15) is 14.7 Å². The smallest absolute Gasteiger partial charge is 0.410 e. The molecule has 3 heterocycles. The number of fused-ring (bicyclic) bond motifs is 1. The Bertz CT molecular complexity index is 1270. The number of aliphatic hydroxyl groups is 1. The van der Waals surface area contributed by atoms with Crippen LogP contribution in [0.15, 0.2) is 61.2 Å². The van der Waals surface area contributed by atoms with Crippen LogP contribution in [0, 0.1) is 5.92 Å². The maximum absolute atomic E-state index is 13.4. The number of ether oxygens (including phenoxy) is 3. The molecular formula is C33H41N3O6. The van der Waals surface area contributed by atoms with Crippen molar-refractivity contribution in [2.24, 2.45) is 5.92 Å². The SMILES string of the molecule is C=CCN(C(=O)OCc1ccc2c(c1)OCO2)C1CCN([C@H]2CN(C(=O)C3CCCC3)C[C@]2(O)c2ccccc2)CC1. The Morgan fingerprint density at radius 1 is 1.05 bits per heavy atom. The lowest BCUT2D eigenvalue weighted by atomic mass is 9.86. The van der Waals surface area contributed by atoms with Crippen LogP contribution in [0.1, 0.15) is 49.7 Å². The lowest BCUT2D eigenvalue weighted by Gasteiger charge is -2.43. The third-order valence-electron chi connectivity index (χ3n) is 9.41. The van der Waals surface area contributed by atoms with Gasteiger partial charge in [-0.1, -0.05) is 55.3 Å². The van der Waals surface area contributed by atoms with Gasteiger partial charge in [-0.25, -0.2) is 4.79 Å². The molecule has 3 aliphatic heterocycles. The topological polar surface area (TPSA) is 91.8 Å². The number of amides is 2. The van der Waals surface area contributed by atoms with Gasteiger partial charge in [0, 0.05) is 38.1 Å². The Morgan fingerprint density at radius 2 is 1.79 bits per heavy atom. The second kappa shape index (κ2) is 12.4. The summed E-state index contributed by atoms with van der Waals surface area (Å²) in [6, 6.07) is 15.1. The normalized spacial score (nSPS) is 24.6. The number of hydrogen-bond acceptors (Lipinski definition) is 7. The van der Waals surface area contributed by atoms with Crippen LogP contribution in [0.25, 0.3) is 0 Å². The molecule has 0 unspecified atom stereocenters. The summed E-state index contributed by atoms with van der Waals surface area (Å²) < 4.78 is 16.5. The molecule has 2 saturated heterocycles. The van der Waals surface area contributed by atoms with Gasteiger partial charge in [-0.15, -0.1) is 6.58 Å². The number of piperidine rings is 1. The highest BCUT2D eigenvalue weighted by atomic mass is 16.7. The van der Waals surface area contributed by atoms with E-state index in [0.29, 0.717) is 44.2 Å². The van der Waals surface area contributed by atoms with Crippen LogP contribution in [-0.4, -0.2) is 83.4 Å². The first kappa shape index (κ1) is 28.6. The van der Waals surface area contributed by atoms with E-state index in [1.165, 1.54) is 0 Å². The standard InChI is InChI=1S/C33H41N3O6/c1-2-16-36(32(38)40-21-24-12-13-28-29(19-24)42-23-41-28)27-14-17-34(18-15-27)30-20-35(31(37)25-8-6-7-9-25)22-33(30,39)26-10-4-3-5-11-26/h2-5,10-13,19,25,27,30,39H,1,6-9,14-18,20-23H2/t30-,33-/m0/s1. The van der Waals surface area contributed by atoms with Crippen LogP contribution in [0.2, 0.25) is 0 Å². The van der Waals surface area contributed by atoms with Gasteiger partial charge in [0.05, 0.1) is 12.6 Å². The van der Waals surface area contributed by atoms with Crippen molar-refractivity contribution in [2.75, 3.05) is 39.5 Å². The van der Waals surface area contributed by atoms with E-state index in [1.54, 1.807) is 11.0 Å². The molecule has 1 N–H and O–H groups in total. The molecule has 0 bridgehead atoms. The Hall–Kier alpha value is -3.56. The molecule has 6 rings (SSSR count). The van der Waals surface area contributed by atoms with Gasteiger partial charge in [-0.3, -0.25) is 9.69 Å². The van der Waals surface area contributed by atoms with E-state index in [0.717, 1.165) is 49.7 Å². The average molecular weight is 576 g/mol. The number of carbonyl (C=O) groups excluding carboxylic acids is 2. The Labute approximate surface area is 247 Å². The van der Waals surface area contributed by atoms with Crippen LogP contribution in [-0.2, 0) is 21.7 Å². The van der Waals surface area contributed by atoms with E-state index < -0.39 is 5.60 Å². The highest BCUT2D eigenvalue weighted by Gasteiger charge is 2.52. The summed E-state index contributed by atoms with van der Waals surface area (Å²) in [6.45, 7) is 6.83. The van der Waals surface area contributed by atoms with Crippen molar-refractivity contribution < 1.29 is 28.9 Å². The Balaban J connectivity index is 1.11. The molecule has 2 amide bonds. The fraction of sp³-hybridized carbons (Fsp3) is 0.515. The highest BCUT2D eigenvalue weighted by Crippen LogP contribution is 2.39. The molecule has 0 radical (unpaired) electrons. The minimum absolute atomic E-state index is 0.00838. The fourth-order valence-corrected chi connectivity index (χ4v) is 7.13. The van der Waals surface area contributed by atoms with Gasteiger partial charge in [-0.05, 0) is 48.9 Å². The minimum atomic E-state index is -1.15. The molecular weight excluding hydrogens is 534 g/mol. The predicted molar refractivity (Wildman–Crippen MR) is 157 cm³/mol. The largest absolute Gasteiger partial charge is 0.454 e. The zero-order valence-corrected chi connectivity index (χ0v) is 24.2. The van der Waals surface area contributed by atoms with Gasteiger partial charge in [0.1, 0.15) is 12.2 Å². The predicted octanol–water partition coefficient (Wildman–Crippen LogP) is 4.29. The summed E-state index contributed by atoms with van der Waals surface area (Å²) in [4.78, 5) is 32.6. The first-order valence-electron chi connectivity index (χ1n) is 15.2. The lowest BCUT2D eigenvalue weighted by Crippen LogP contribution is -2.55. The summed E-state index contributed by atoms with van der Waals surface area (Å²) in [5.74, 6) is 1.61. The summed E-state index contributed by atoms with van der Waals surface area (Å²) in [7, 11) is 0. The molecule has 224 valence electrons. The van der Waals surface area contributed by atoms with Crippen molar-refractivity contribution in [3.05, 3.63) is 72.3 Å². The number of likely N-dealkylation sites (tertiary alicyclic amines) is 2. The molecule has 0 spiro atoms. The zero-order valence-electron chi connectivity index (χ0n) is 24.2. The summed E-state index contributed by atoms with van der Waals surface area (Å²) in [6.07, 6.45) is 6.93. The summed E-state index contributed by atoms with van der Waals surface area (Å²) in [5, 5.41) is 12.2. The van der Waals surface area contributed by atoms with Gasteiger partial charge in [0.25, 0.3) is 0 Å². The second-order valence-corrected chi connectivity index (χ2v) is 12.0. The van der Waals surface area contributed by atoms with Crippen LogP contribution < -0.4 is 9.47 Å². The lowest BCUT2D eigenvalue weighted by molar-refractivity contribution is -0.135. The third kappa shape index (κ3) is 5.72. The number of rotatable bonds is 8. The van der Waals surface area contributed by atoms with Gasteiger partial charge in [-0.2, -0.15) is 0 Å². The number of β-amino-alcohol motifs (C(OH)–C–C–N with tert-alkyl or cyclic N) is 1. The van der Waals surface area contributed by atoms with Crippen LogP contribution in [0.3, 0.4) is 0 Å². The highest BCUT2D eigenvalue weighted by molar-refractivity contribution is 5.79. The van der Waals surface area contributed by atoms with E-state index in [2.05, 4.69) is 11.5 Å². The molecule has 2 aromatic carbocycles. The van der Waals surface area contributed by atoms with Crippen molar-refractivity contribution in [3.63, 3.8) is 0 Å². The summed E-state index contributed by atoms with van der Waals surface area (Å²) in [5.41, 5.74) is 0.533. The first-order chi connectivity index (χ1) is 20.5. The van der Waals surface area contributed by atoms with Gasteiger partial charge in [0.2, 0.25) is 12.7 Å². The number of nitrogens with zero attached hydrogens (tertiary/aromatic N) is 3. The van der Waals surface area contributed by atoms with Gasteiger partial charge < -0.3 is 29.1 Å². The Morgan fingerprint density at radius 3 is 2.52 bits per heavy atom. The van der Waals surface area contributed by atoms with Crippen molar-refractivity contribution in [3.8, 4) is 11.5 Å². The second-order valence-electron chi connectivity index (χ2n) is 12.0. The van der Waals surface area contributed by atoms with Gasteiger partial charge >= 0.3 is 6.09 Å². The zero-order chi connectivity index (χ0) is 29.1. The van der Waals surface area contributed by atoms with E-state index in [-0.39, 0.29) is 43.4 Å². The number of benzene rings is 2. The number of carbonyl (C=O) groups is 2. The molecule has 0 aromatic heterocycles. The monoisotopic (exact) mass is 575 g/mol. The first-order valence-corrected chi connectivity index (χ1v) is 15.2. The Kier molecular flexibility index (Phi) is 8.40. The maximum atomic E-state index is 13.4. The molecule has 3 fully saturated rings. The van der Waals surface area contributed by atoms with E-state index in [1.807, 2.05) is 53.4 Å². The summed E-state index contributed by atoms with van der Waals surface area (Å²) >= 11 is 0. The molecule has 1 saturated carbocycles. The fourth-order valence-electron chi connectivity index (χ4n) is 7.13. The van der Waals surface area contributed by atoms with Crippen molar-refractivity contribution in [1.82, 2.24) is 14.7 Å². The molecule has 9 nitrogen and oxygen atoms in total. The number of hydrogen-bond donors (Lipinski definition) is 1. The average Bonchev–Trinajstić information content (AvgIpc) is 3.80. The quantitative estimate of drug-likeness (QED) is 0.470. The van der Waals surface area contributed by atoms with Crippen LogP contribution in [0.4, 0.5) is 4.79 Å². The molecule has 9 heteroatoms. The maximum Gasteiger partial charge on any atom is 0.410 e. The van der Waals surface area contributed by atoms with Crippen molar-refractivity contribution in [1.29, 1.82) is 0 Å². The molecule has 1 aliphatic carbocycles. The van der Waals surface area contributed by atoms with Crippen LogP contribution in [0.5, 0.6) is 11.5 Å². The van der Waals surface area contributed by atoms with Crippen molar-refractivity contribution >= 4 is 12.0 Å². The van der Waals surface area contributed by atoms with Crippen molar-refractivity contribution in [2.45, 2.75) is 62.8 Å². The van der Waals surface area contributed by atoms with E-state index >= 15 is 0 Å².